The quantitative estimate of drug-likeness (QED) is 0.758. The Hall–Kier alpha value is -2.48. The van der Waals surface area contributed by atoms with E-state index in [2.05, 4.69) is 20.3 Å². The van der Waals surface area contributed by atoms with Crippen molar-refractivity contribution in [3.05, 3.63) is 36.2 Å². The number of nitrogens with zero attached hydrogens (tertiary/aromatic N) is 4. The Kier molecular flexibility index (Phi) is 3.04. The van der Waals surface area contributed by atoms with Gasteiger partial charge in [0.15, 0.2) is 5.82 Å². The maximum absolute atomic E-state index is 6.17. The standard InChI is InChI=1S/C14H15N5O3/c15-14(5-1-6-14)13-17-11(22-19-13)3-2-10-16-12(18-21-10)9-4-7-20-8-9/h4,7-8H,1-3,5-6,15H2. The van der Waals surface area contributed by atoms with Gasteiger partial charge in [0, 0.05) is 12.8 Å². The first-order chi connectivity index (χ1) is 10.7. The summed E-state index contributed by atoms with van der Waals surface area (Å²) < 4.78 is 15.4. The molecule has 8 nitrogen and oxygen atoms in total. The van der Waals surface area contributed by atoms with Crippen LogP contribution in [0.25, 0.3) is 11.4 Å². The van der Waals surface area contributed by atoms with E-state index >= 15 is 0 Å². The topological polar surface area (TPSA) is 117 Å². The minimum Gasteiger partial charge on any atom is -0.472 e. The molecule has 8 heteroatoms. The number of hydrogen-bond donors (Lipinski definition) is 1. The first kappa shape index (κ1) is 13.2. The smallest absolute Gasteiger partial charge is 0.227 e. The summed E-state index contributed by atoms with van der Waals surface area (Å²) in [5.74, 6) is 2.15. The summed E-state index contributed by atoms with van der Waals surface area (Å²) >= 11 is 0. The van der Waals surface area contributed by atoms with Crippen LogP contribution in [0, 0.1) is 0 Å². The third kappa shape index (κ3) is 2.31. The van der Waals surface area contributed by atoms with Gasteiger partial charge in [0.1, 0.15) is 6.26 Å². The monoisotopic (exact) mass is 301 g/mol. The highest BCUT2D eigenvalue weighted by Crippen LogP contribution is 2.36. The number of hydrogen-bond acceptors (Lipinski definition) is 8. The number of rotatable bonds is 5. The van der Waals surface area contributed by atoms with Crippen molar-refractivity contribution >= 4 is 0 Å². The van der Waals surface area contributed by atoms with Gasteiger partial charge in [-0.3, -0.25) is 0 Å². The largest absolute Gasteiger partial charge is 0.472 e. The molecule has 3 heterocycles. The predicted molar refractivity (Wildman–Crippen MR) is 73.4 cm³/mol. The average molecular weight is 301 g/mol. The molecule has 0 aromatic carbocycles. The second-order valence-corrected chi connectivity index (χ2v) is 5.55. The van der Waals surface area contributed by atoms with E-state index in [1.54, 1.807) is 18.6 Å². The summed E-state index contributed by atoms with van der Waals surface area (Å²) in [7, 11) is 0. The van der Waals surface area contributed by atoms with Crippen molar-refractivity contribution in [3.63, 3.8) is 0 Å². The first-order valence-electron chi connectivity index (χ1n) is 7.20. The van der Waals surface area contributed by atoms with Crippen LogP contribution in [0.2, 0.25) is 0 Å². The molecule has 0 bridgehead atoms. The Morgan fingerprint density at radius 1 is 1.09 bits per heavy atom. The molecule has 0 radical (unpaired) electrons. The van der Waals surface area contributed by atoms with Gasteiger partial charge < -0.3 is 19.2 Å². The molecule has 1 aliphatic rings. The van der Waals surface area contributed by atoms with Crippen molar-refractivity contribution in [1.29, 1.82) is 0 Å². The van der Waals surface area contributed by atoms with Gasteiger partial charge in [-0.15, -0.1) is 0 Å². The van der Waals surface area contributed by atoms with E-state index in [9.17, 15) is 0 Å². The Morgan fingerprint density at radius 2 is 1.86 bits per heavy atom. The summed E-state index contributed by atoms with van der Waals surface area (Å²) in [4.78, 5) is 8.67. The summed E-state index contributed by atoms with van der Waals surface area (Å²) in [5.41, 5.74) is 6.55. The number of aromatic nitrogens is 4. The fourth-order valence-electron chi connectivity index (χ4n) is 2.42. The van der Waals surface area contributed by atoms with E-state index in [-0.39, 0.29) is 0 Å². The van der Waals surface area contributed by atoms with Gasteiger partial charge >= 0.3 is 0 Å². The summed E-state index contributed by atoms with van der Waals surface area (Å²) in [5, 5.41) is 7.88. The zero-order chi connectivity index (χ0) is 15.0. The van der Waals surface area contributed by atoms with E-state index in [0.29, 0.717) is 36.3 Å². The molecule has 2 N–H and O–H groups in total. The number of furan rings is 1. The summed E-state index contributed by atoms with van der Waals surface area (Å²) in [6.07, 6.45) is 7.12. The maximum atomic E-state index is 6.17. The van der Waals surface area contributed by atoms with Crippen LogP contribution in [0.1, 0.15) is 36.9 Å². The minimum absolute atomic E-state index is 0.402. The van der Waals surface area contributed by atoms with Crippen LogP contribution in [-0.4, -0.2) is 20.3 Å². The fraction of sp³-hybridized carbons (Fsp3) is 0.429. The Morgan fingerprint density at radius 3 is 2.55 bits per heavy atom. The first-order valence-corrected chi connectivity index (χ1v) is 7.20. The van der Waals surface area contributed by atoms with Crippen molar-refractivity contribution < 1.29 is 13.5 Å². The maximum Gasteiger partial charge on any atom is 0.227 e. The van der Waals surface area contributed by atoms with E-state index < -0.39 is 5.54 Å². The molecule has 1 fully saturated rings. The molecule has 0 amide bonds. The molecule has 0 spiro atoms. The molecule has 3 aromatic heterocycles. The normalized spacial score (nSPS) is 16.6. The van der Waals surface area contributed by atoms with E-state index in [1.165, 1.54) is 0 Å². The Balaban J connectivity index is 1.41. The van der Waals surface area contributed by atoms with Crippen LogP contribution in [0.3, 0.4) is 0 Å². The lowest BCUT2D eigenvalue weighted by atomic mass is 9.77. The average Bonchev–Trinajstić information content (AvgIpc) is 3.21. The fourth-order valence-corrected chi connectivity index (χ4v) is 2.42. The van der Waals surface area contributed by atoms with Crippen molar-refractivity contribution in [2.75, 3.05) is 0 Å². The lowest BCUT2D eigenvalue weighted by Crippen LogP contribution is -2.44. The second kappa shape index (κ2) is 5.06. The molecule has 4 rings (SSSR count). The highest BCUT2D eigenvalue weighted by atomic mass is 16.5. The van der Waals surface area contributed by atoms with Gasteiger partial charge in [-0.2, -0.15) is 9.97 Å². The van der Waals surface area contributed by atoms with Crippen molar-refractivity contribution in [3.8, 4) is 11.4 Å². The van der Waals surface area contributed by atoms with Crippen LogP contribution in [-0.2, 0) is 18.4 Å². The van der Waals surface area contributed by atoms with Gasteiger partial charge in [0.05, 0.1) is 17.4 Å². The molecule has 3 aromatic rings. The summed E-state index contributed by atoms with van der Waals surface area (Å²) in [6, 6.07) is 1.78. The minimum atomic E-state index is -0.402. The van der Waals surface area contributed by atoms with Crippen LogP contribution in [0.4, 0.5) is 0 Å². The van der Waals surface area contributed by atoms with E-state index in [0.717, 1.165) is 24.8 Å². The molecule has 0 saturated heterocycles. The van der Waals surface area contributed by atoms with Crippen molar-refractivity contribution in [2.24, 2.45) is 5.73 Å². The molecule has 22 heavy (non-hydrogen) atoms. The van der Waals surface area contributed by atoms with Gasteiger partial charge in [0.2, 0.25) is 17.6 Å². The Bertz CT molecular complexity index is 757. The molecule has 114 valence electrons. The molecule has 0 aliphatic heterocycles. The third-order valence-corrected chi connectivity index (χ3v) is 3.96. The SMILES string of the molecule is NC1(c2noc(CCc3nc(-c4ccoc4)no3)n2)CCC1. The molecular weight excluding hydrogens is 286 g/mol. The summed E-state index contributed by atoms with van der Waals surface area (Å²) in [6.45, 7) is 0. The Labute approximate surface area is 125 Å². The van der Waals surface area contributed by atoms with Crippen LogP contribution in [0.5, 0.6) is 0 Å². The number of aryl methyl sites for hydroxylation is 2. The molecule has 1 aliphatic carbocycles. The van der Waals surface area contributed by atoms with Crippen LogP contribution >= 0.6 is 0 Å². The zero-order valence-electron chi connectivity index (χ0n) is 11.9. The molecule has 1 saturated carbocycles. The van der Waals surface area contributed by atoms with Gasteiger partial charge in [-0.1, -0.05) is 10.3 Å². The zero-order valence-corrected chi connectivity index (χ0v) is 11.9. The predicted octanol–water partition coefficient (Wildman–Crippen LogP) is 1.84. The van der Waals surface area contributed by atoms with Gasteiger partial charge in [-0.05, 0) is 25.3 Å². The van der Waals surface area contributed by atoms with E-state index in [1.807, 2.05) is 0 Å². The lowest BCUT2D eigenvalue weighted by molar-refractivity contribution is 0.229. The van der Waals surface area contributed by atoms with Crippen molar-refractivity contribution in [1.82, 2.24) is 20.3 Å². The number of nitrogens with two attached hydrogens (primary N) is 1. The van der Waals surface area contributed by atoms with Crippen LogP contribution in [0.15, 0.2) is 32.1 Å². The highest BCUT2D eigenvalue weighted by Gasteiger charge is 2.38. The molecule has 0 atom stereocenters. The van der Waals surface area contributed by atoms with Crippen molar-refractivity contribution in [2.45, 2.75) is 37.6 Å². The second-order valence-electron chi connectivity index (χ2n) is 5.55. The lowest BCUT2D eigenvalue weighted by Gasteiger charge is -2.34. The molecule has 0 unspecified atom stereocenters. The third-order valence-electron chi connectivity index (χ3n) is 3.96. The van der Waals surface area contributed by atoms with E-state index in [4.69, 9.17) is 19.2 Å². The van der Waals surface area contributed by atoms with Gasteiger partial charge in [0.25, 0.3) is 0 Å². The van der Waals surface area contributed by atoms with Crippen LogP contribution < -0.4 is 5.73 Å². The van der Waals surface area contributed by atoms with Gasteiger partial charge in [-0.25, -0.2) is 0 Å². The highest BCUT2D eigenvalue weighted by molar-refractivity contribution is 5.51. The molecular formula is C14H15N5O3.